The van der Waals surface area contributed by atoms with E-state index in [2.05, 4.69) is 35.6 Å². The predicted molar refractivity (Wildman–Crippen MR) is 91.7 cm³/mol. The zero-order chi connectivity index (χ0) is 17.0. The molecule has 1 aliphatic rings. The summed E-state index contributed by atoms with van der Waals surface area (Å²) in [4.78, 5) is 0. The van der Waals surface area contributed by atoms with Gasteiger partial charge in [0.05, 0.1) is 13.0 Å². The molecule has 0 amide bonds. The van der Waals surface area contributed by atoms with Crippen molar-refractivity contribution in [2.75, 3.05) is 6.61 Å². The van der Waals surface area contributed by atoms with Gasteiger partial charge in [0.2, 0.25) is 0 Å². The van der Waals surface area contributed by atoms with Gasteiger partial charge in [-0.1, -0.05) is 49.1 Å². The molecule has 122 valence electrons. The third-order valence-electron chi connectivity index (χ3n) is 3.99. The van der Waals surface area contributed by atoms with Crippen LogP contribution in [0.25, 0.3) is 5.57 Å². The molecule has 1 nitrogen and oxygen atoms in total. The van der Waals surface area contributed by atoms with Crippen molar-refractivity contribution in [1.29, 1.82) is 0 Å². The van der Waals surface area contributed by atoms with E-state index in [0.29, 0.717) is 0 Å². The van der Waals surface area contributed by atoms with Crippen molar-refractivity contribution in [3.8, 4) is 11.8 Å². The maximum absolute atomic E-state index is 13.0. The summed E-state index contributed by atoms with van der Waals surface area (Å²) in [5.74, 6) is 6.25. The average molecular weight is 324 g/mol. The normalized spacial score (nSPS) is 16.0. The van der Waals surface area contributed by atoms with Crippen LogP contribution in [0.1, 0.15) is 35.6 Å². The lowest BCUT2D eigenvalue weighted by molar-refractivity contribution is -0.231. The Labute approximate surface area is 141 Å². The Bertz CT molecular complexity index is 790. The fraction of sp³-hybridized carbons (Fsp3) is 0.238. The molecular formula is C21H18F2O. The topological polar surface area (TPSA) is 9.23 Å². The Balaban J connectivity index is 1.71. The molecule has 1 aliphatic heterocycles. The van der Waals surface area contributed by atoms with Crippen LogP contribution >= 0.6 is 0 Å². The monoisotopic (exact) mass is 324 g/mol. The number of halogens is 2. The molecule has 0 N–H and O–H groups in total. The first-order chi connectivity index (χ1) is 11.6. The molecule has 0 aromatic heterocycles. The highest BCUT2D eigenvalue weighted by Gasteiger charge is 2.32. The fourth-order valence-corrected chi connectivity index (χ4v) is 2.48. The number of hydrogen-bond acceptors (Lipinski definition) is 1. The lowest BCUT2D eigenvalue weighted by Gasteiger charge is -2.22. The number of aryl methyl sites for hydroxylation is 1. The number of hydrogen-bond donors (Lipinski definition) is 0. The van der Waals surface area contributed by atoms with E-state index in [-0.39, 0.29) is 13.0 Å². The van der Waals surface area contributed by atoms with Crippen molar-refractivity contribution in [2.45, 2.75) is 25.9 Å². The Morgan fingerprint density at radius 1 is 0.958 bits per heavy atom. The molecule has 0 fully saturated rings. The molecule has 2 aromatic carbocycles. The third kappa shape index (κ3) is 4.10. The minimum Gasteiger partial charge on any atom is -0.315 e. The molecule has 0 saturated carbocycles. The van der Waals surface area contributed by atoms with Crippen molar-refractivity contribution >= 4 is 5.57 Å². The molecular weight excluding hydrogens is 306 g/mol. The van der Waals surface area contributed by atoms with Gasteiger partial charge in [-0.05, 0) is 47.4 Å². The van der Waals surface area contributed by atoms with Gasteiger partial charge < -0.3 is 4.74 Å². The van der Waals surface area contributed by atoms with Crippen LogP contribution in [0.5, 0.6) is 0 Å². The maximum atomic E-state index is 13.0. The average Bonchev–Trinajstić information content (AvgIpc) is 2.61. The number of benzene rings is 2. The van der Waals surface area contributed by atoms with Gasteiger partial charge in [0.25, 0.3) is 0 Å². The largest absolute Gasteiger partial charge is 0.359 e. The maximum Gasteiger partial charge on any atom is 0.359 e. The van der Waals surface area contributed by atoms with Gasteiger partial charge in [-0.2, -0.15) is 8.78 Å². The first kappa shape index (κ1) is 16.4. The van der Waals surface area contributed by atoms with Gasteiger partial charge >= 0.3 is 6.11 Å². The third-order valence-corrected chi connectivity index (χ3v) is 3.99. The van der Waals surface area contributed by atoms with Crippen molar-refractivity contribution in [1.82, 2.24) is 0 Å². The molecule has 3 heteroatoms. The minimum atomic E-state index is -3.04. The molecule has 0 aliphatic carbocycles. The molecule has 0 spiro atoms. The number of ether oxygens (including phenoxy) is 1. The molecule has 3 rings (SSSR count). The fourth-order valence-electron chi connectivity index (χ4n) is 2.48. The highest BCUT2D eigenvalue weighted by molar-refractivity contribution is 5.67. The Hall–Kier alpha value is -2.44. The van der Waals surface area contributed by atoms with E-state index in [1.54, 1.807) is 6.08 Å². The van der Waals surface area contributed by atoms with Crippen LogP contribution < -0.4 is 0 Å². The highest BCUT2D eigenvalue weighted by atomic mass is 19.3. The molecule has 0 unspecified atom stereocenters. The standard InChI is InChI=1S/C21H18F2O/c1-2-16-3-5-17(6-4-16)7-8-18-9-11-19(12-10-18)20-13-14-21(22,23)24-15-20/h3-6,9-13H,2,14-15H2,1H3. The molecule has 1 heterocycles. The Morgan fingerprint density at radius 3 is 2.04 bits per heavy atom. The molecule has 0 bridgehead atoms. The van der Waals surface area contributed by atoms with Crippen molar-refractivity contribution < 1.29 is 13.5 Å². The summed E-state index contributed by atoms with van der Waals surface area (Å²) in [6.45, 7) is 2.05. The van der Waals surface area contributed by atoms with E-state index in [1.807, 2.05) is 36.4 Å². The second-order valence-electron chi connectivity index (χ2n) is 5.74. The van der Waals surface area contributed by atoms with Crippen molar-refractivity contribution in [3.63, 3.8) is 0 Å². The van der Waals surface area contributed by atoms with Crippen LogP contribution in [0, 0.1) is 11.8 Å². The smallest absolute Gasteiger partial charge is 0.315 e. The minimum absolute atomic E-state index is 0.0677. The Kier molecular flexibility index (Phi) is 4.78. The second kappa shape index (κ2) is 6.98. The molecule has 0 atom stereocenters. The summed E-state index contributed by atoms with van der Waals surface area (Å²) in [7, 11) is 0. The van der Waals surface area contributed by atoms with Gasteiger partial charge in [-0.25, -0.2) is 0 Å². The zero-order valence-corrected chi connectivity index (χ0v) is 13.5. The van der Waals surface area contributed by atoms with Crippen molar-refractivity contribution in [3.05, 3.63) is 76.9 Å². The van der Waals surface area contributed by atoms with Crippen LogP contribution in [0.3, 0.4) is 0 Å². The number of alkyl halides is 2. The highest BCUT2D eigenvalue weighted by Crippen LogP contribution is 2.30. The quantitative estimate of drug-likeness (QED) is 0.703. The van der Waals surface area contributed by atoms with Crippen LogP contribution in [0.15, 0.2) is 54.6 Å². The lowest BCUT2D eigenvalue weighted by Crippen LogP contribution is -2.24. The molecule has 2 aromatic rings. The van der Waals surface area contributed by atoms with Gasteiger partial charge in [0.1, 0.15) is 0 Å². The van der Waals surface area contributed by atoms with E-state index >= 15 is 0 Å². The molecule has 0 saturated heterocycles. The van der Waals surface area contributed by atoms with Crippen molar-refractivity contribution in [2.24, 2.45) is 0 Å². The van der Waals surface area contributed by atoms with Crippen LogP contribution in [0.2, 0.25) is 0 Å². The van der Waals surface area contributed by atoms with Gasteiger partial charge in [-0.3, -0.25) is 0 Å². The first-order valence-electron chi connectivity index (χ1n) is 7.98. The summed E-state index contributed by atoms with van der Waals surface area (Å²) in [6.07, 6.45) is -0.861. The lowest BCUT2D eigenvalue weighted by atomic mass is 10.0. The summed E-state index contributed by atoms with van der Waals surface area (Å²) in [5.41, 5.74) is 4.83. The van der Waals surface area contributed by atoms with E-state index in [9.17, 15) is 8.78 Å². The van der Waals surface area contributed by atoms with E-state index in [0.717, 1.165) is 28.7 Å². The van der Waals surface area contributed by atoms with Crippen LogP contribution in [0.4, 0.5) is 8.78 Å². The van der Waals surface area contributed by atoms with Gasteiger partial charge in [0, 0.05) is 11.1 Å². The summed E-state index contributed by atoms with van der Waals surface area (Å²) in [5, 5.41) is 0. The van der Waals surface area contributed by atoms with Crippen LogP contribution in [-0.4, -0.2) is 12.7 Å². The predicted octanol–water partition coefficient (Wildman–Crippen LogP) is 5.05. The summed E-state index contributed by atoms with van der Waals surface area (Å²) in [6, 6.07) is 15.8. The SMILES string of the molecule is CCc1ccc(C#Cc2ccc(C3=CCC(F)(F)OC3)cc2)cc1. The van der Waals surface area contributed by atoms with E-state index in [4.69, 9.17) is 0 Å². The van der Waals surface area contributed by atoms with E-state index < -0.39 is 6.11 Å². The Morgan fingerprint density at radius 2 is 1.54 bits per heavy atom. The van der Waals surface area contributed by atoms with Gasteiger partial charge in [-0.15, -0.1) is 0 Å². The molecule has 0 radical (unpaired) electrons. The second-order valence-corrected chi connectivity index (χ2v) is 5.74. The van der Waals surface area contributed by atoms with E-state index in [1.165, 1.54) is 5.56 Å². The zero-order valence-electron chi connectivity index (χ0n) is 13.5. The summed E-state index contributed by atoms with van der Waals surface area (Å²) >= 11 is 0. The van der Waals surface area contributed by atoms with Crippen LogP contribution in [-0.2, 0) is 11.2 Å². The molecule has 24 heavy (non-hydrogen) atoms. The van der Waals surface area contributed by atoms with Gasteiger partial charge in [0.15, 0.2) is 0 Å². The summed E-state index contributed by atoms with van der Waals surface area (Å²) < 4.78 is 30.5. The number of rotatable bonds is 2. The first-order valence-corrected chi connectivity index (χ1v) is 7.98.